The van der Waals surface area contributed by atoms with Crippen LogP contribution in [0.4, 0.5) is 0 Å². The van der Waals surface area contributed by atoms with Gasteiger partial charge in [0.15, 0.2) is 5.65 Å². The molecular formula is C16H12ClN5O2. The summed E-state index contributed by atoms with van der Waals surface area (Å²) in [4.78, 5) is 29.0. The van der Waals surface area contributed by atoms with Gasteiger partial charge in [-0.25, -0.2) is 14.5 Å². The Morgan fingerprint density at radius 1 is 1.08 bits per heavy atom. The van der Waals surface area contributed by atoms with Gasteiger partial charge in [0.25, 0.3) is 5.56 Å². The van der Waals surface area contributed by atoms with Crippen molar-refractivity contribution in [3.8, 4) is 0 Å². The molecule has 0 bridgehead atoms. The van der Waals surface area contributed by atoms with E-state index in [-0.39, 0.29) is 24.3 Å². The van der Waals surface area contributed by atoms with Crippen LogP contribution >= 0.6 is 11.6 Å². The van der Waals surface area contributed by atoms with E-state index in [1.165, 1.54) is 20.0 Å². The summed E-state index contributed by atoms with van der Waals surface area (Å²) in [5.41, 5.74) is 0.721. The lowest BCUT2D eigenvalue weighted by molar-refractivity contribution is 0.509. The number of aryl methyl sites for hydroxylation is 2. The Morgan fingerprint density at radius 2 is 1.96 bits per heavy atom. The number of rotatable bonds is 3. The van der Waals surface area contributed by atoms with E-state index < -0.39 is 0 Å². The van der Waals surface area contributed by atoms with E-state index >= 15 is 0 Å². The standard InChI is InChI=1S/C16H12ClN5O2/c17-11-4-5-13-12(9-11)15(23)20(10-18-13)7-8-22-16(24)21-6-2-1-3-14(21)19-22/h1-6,9-10H,7-8H2. The van der Waals surface area contributed by atoms with Crippen LogP contribution in [-0.2, 0) is 13.1 Å². The molecule has 3 heterocycles. The van der Waals surface area contributed by atoms with Gasteiger partial charge in [0.05, 0.1) is 23.8 Å². The summed E-state index contributed by atoms with van der Waals surface area (Å²) in [5, 5.41) is 5.18. The number of halogens is 1. The van der Waals surface area contributed by atoms with E-state index in [1.807, 2.05) is 6.07 Å². The minimum Gasteiger partial charge on any atom is -0.297 e. The van der Waals surface area contributed by atoms with Gasteiger partial charge in [-0.15, -0.1) is 5.10 Å². The first-order chi connectivity index (χ1) is 11.6. The highest BCUT2D eigenvalue weighted by Gasteiger charge is 2.08. The van der Waals surface area contributed by atoms with Gasteiger partial charge >= 0.3 is 5.69 Å². The molecule has 7 nitrogen and oxygen atoms in total. The van der Waals surface area contributed by atoms with Gasteiger partial charge in [0.2, 0.25) is 0 Å². The molecule has 0 atom stereocenters. The van der Waals surface area contributed by atoms with Crippen LogP contribution in [0.5, 0.6) is 0 Å². The molecule has 24 heavy (non-hydrogen) atoms. The Morgan fingerprint density at radius 3 is 2.79 bits per heavy atom. The number of benzene rings is 1. The summed E-state index contributed by atoms with van der Waals surface area (Å²) >= 11 is 5.95. The van der Waals surface area contributed by atoms with Crippen LogP contribution < -0.4 is 11.2 Å². The number of fused-ring (bicyclic) bond motifs is 2. The molecule has 0 fully saturated rings. The summed E-state index contributed by atoms with van der Waals surface area (Å²) in [6.45, 7) is 0.562. The average Bonchev–Trinajstić information content (AvgIpc) is 2.91. The maximum atomic E-state index is 12.5. The van der Waals surface area contributed by atoms with E-state index in [9.17, 15) is 9.59 Å². The Balaban J connectivity index is 1.69. The number of aromatic nitrogens is 5. The first-order valence-corrected chi connectivity index (χ1v) is 7.70. The second-order valence-electron chi connectivity index (χ2n) is 5.34. The molecule has 4 aromatic rings. The van der Waals surface area contributed by atoms with Crippen LogP contribution in [0.15, 0.2) is 58.5 Å². The summed E-state index contributed by atoms with van der Waals surface area (Å²) in [6, 6.07) is 10.3. The summed E-state index contributed by atoms with van der Waals surface area (Å²) in [6.07, 6.45) is 3.13. The van der Waals surface area contributed by atoms with Crippen molar-refractivity contribution in [2.45, 2.75) is 13.1 Å². The van der Waals surface area contributed by atoms with E-state index in [0.717, 1.165) is 0 Å². The molecule has 120 valence electrons. The van der Waals surface area contributed by atoms with Crippen molar-refractivity contribution in [3.63, 3.8) is 0 Å². The Bertz CT molecular complexity index is 1170. The Labute approximate surface area is 140 Å². The molecule has 4 rings (SSSR count). The van der Waals surface area contributed by atoms with Crippen molar-refractivity contribution in [2.75, 3.05) is 0 Å². The van der Waals surface area contributed by atoms with Crippen molar-refractivity contribution in [3.05, 3.63) is 74.8 Å². The molecule has 8 heteroatoms. The van der Waals surface area contributed by atoms with Crippen molar-refractivity contribution in [1.82, 2.24) is 23.7 Å². The van der Waals surface area contributed by atoms with Gasteiger partial charge in [0, 0.05) is 17.8 Å². The van der Waals surface area contributed by atoms with E-state index in [2.05, 4.69) is 10.1 Å². The number of hydrogen-bond acceptors (Lipinski definition) is 4. The van der Waals surface area contributed by atoms with Crippen molar-refractivity contribution in [1.29, 1.82) is 0 Å². The van der Waals surface area contributed by atoms with E-state index in [4.69, 9.17) is 11.6 Å². The van der Waals surface area contributed by atoms with Crippen molar-refractivity contribution in [2.24, 2.45) is 0 Å². The van der Waals surface area contributed by atoms with Gasteiger partial charge in [0.1, 0.15) is 0 Å². The molecule has 1 aromatic carbocycles. The molecular weight excluding hydrogens is 330 g/mol. The number of hydrogen-bond donors (Lipinski definition) is 0. The molecule has 3 aromatic heterocycles. The fourth-order valence-electron chi connectivity index (χ4n) is 2.61. The second-order valence-corrected chi connectivity index (χ2v) is 5.78. The molecule has 0 N–H and O–H groups in total. The molecule has 0 unspecified atom stereocenters. The van der Waals surface area contributed by atoms with Gasteiger partial charge < -0.3 is 0 Å². The fraction of sp³-hybridized carbons (Fsp3) is 0.125. The van der Waals surface area contributed by atoms with Crippen molar-refractivity contribution < 1.29 is 0 Å². The second kappa shape index (κ2) is 5.61. The van der Waals surface area contributed by atoms with Crippen LogP contribution in [0.2, 0.25) is 5.02 Å². The minimum absolute atomic E-state index is 0.195. The Kier molecular flexibility index (Phi) is 3.42. The molecule has 0 radical (unpaired) electrons. The SMILES string of the molecule is O=c1c2cc(Cl)ccc2ncn1CCn1nc2ccccn2c1=O. The predicted molar refractivity (Wildman–Crippen MR) is 90.5 cm³/mol. The lowest BCUT2D eigenvalue weighted by Crippen LogP contribution is -2.27. The third kappa shape index (κ3) is 2.39. The summed E-state index contributed by atoms with van der Waals surface area (Å²) in [7, 11) is 0. The maximum Gasteiger partial charge on any atom is 0.350 e. The number of nitrogens with zero attached hydrogens (tertiary/aromatic N) is 5. The first-order valence-electron chi connectivity index (χ1n) is 7.32. The number of pyridine rings is 1. The molecule has 0 aliphatic heterocycles. The molecule has 0 saturated heterocycles. The third-order valence-electron chi connectivity index (χ3n) is 3.83. The molecule has 0 aliphatic carbocycles. The zero-order chi connectivity index (χ0) is 16.7. The predicted octanol–water partition coefficient (Wildman–Crippen LogP) is 1.56. The van der Waals surface area contributed by atoms with Crippen LogP contribution in [-0.4, -0.2) is 23.7 Å². The van der Waals surface area contributed by atoms with Crippen LogP contribution in [0.1, 0.15) is 0 Å². The van der Waals surface area contributed by atoms with Crippen molar-refractivity contribution >= 4 is 28.2 Å². The van der Waals surface area contributed by atoms with Gasteiger partial charge in [-0.2, -0.15) is 0 Å². The zero-order valence-corrected chi connectivity index (χ0v) is 13.2. The topological polar surface area (TPSA) is 74.2 Å². The highest BCUT2D eigenvalue weighted by molar-refractivity contribution is 6.31. The minimum atomic E-state index is -0.240. The fourth-order valence-corrected chi connectivity index (χ4v) is 2.78. The van der Waals surface area contributed by atoms with Gasteiger partial charge in [-0.3, -0.25) is 13.8 Å². The van der Waals surface area contributed by atoms with Gasteiger partial charge in [-0.05, 0) is 30.3 Å². The molecule has 0 aliphatic rings. The van der Waals surface area contributed by atoms with Crippen LogP contribution in [0.3, 0.4) is 0 Å². The van der Waals surface area contributed by atoms with Crippen LogP contribution in [0, 0.1) is 0 Å². The van der Waals surface area contributed by atoms with E-state index in [1.54, 1.807) is 36.5 Å². The highest BCUT2D eigenvalue weighted by Crippen LogP contribution is 2.14. The normalized spacial score (nSPS) is 11.4. The molecule has 0 saturated carbocycles. The summed E-state index contributed by atoms with van der Waals surface area (Å²) in [5.74, 6) is 0. The molecule has 0 spiro atoms. The quantitative estimate of drug-likeness (QED) is 0.567. The first kappa shape index (κ1) is 14.6. The Hall–Kier alpha value is -2.93. The van der Waals surface area contributed by atoms with Crippen LogP contribution in [0.25, 0.3) is 16.6 Å². The van der Waals surface area contributed by atoms with E-state index in [0.29, 0.717) is 21.6 Å². The maximum absolute atomic E-state index is 12.5. The monoisotopic (exact) mass is 341 g/mol. The lowest BCUT2D eigenvalue weighted by atomic mass is 10.2. The molecule has 0 amide bonds. The summed E-state index contributed by atoms with van der Waals surface area (Å²) < 4.78 is 4.25. The largest absolute Gasteiger partial charge is 0.350 e. The zero-order valence-electron chi connectivity index (χ0n) is 12.5. The average molecular weight is 342 g/mol. The lowest BCUT2D eigenvalue weighted by Gasteiger charge is -2.06. The van der Waals surface area contributed by atoms with Gasteiger partial charge in [-0.1, -0.05) is 17.7 Å². The third-order valence-corrected chi connectivity index (χ3v) is 4.06. The highest BCUT2D eigenvalue weighted by atomic mass is 35.5. The smallest absolute Gasteiger partial charge is 0.297 e.